The summed E-state index contributed by atoms with van der Waals surface area (Å²) in [5, 5.41) is 3.34. The third-order valence-electron chi connectivity index (χ3n) is 3.92. The maximum absolute atomic E-state index is 14.2. The Morgan fingerprint density at radius 1 is 1.05 bits per heavy atom. The van der Waals surface area contributed by atoms with E-state index in [0.29, 0.717) is 12.1 Å². The number of rotatable bonds is 5. The Kier molecular flexibility index (Phi) is 4.73. The van der Waals surface area contributed by atoms with Crippen LogP contribution in [0.5, 0.6) is 0 Å². The van der Waals surface area contributed by atoms with Crippen molar-refractivity contribution in [1.82, 2.24) is 5.32 Å². The number of hydrogen-bond donors (Lipinski definition) is 1. The molecule has 1 atom stereocenters. The lowest BCUT2D eigenvalue weighted by atomic mass is 9.74. The fourth-order valence-corrected chi connectivity index (χ4v) is 2.73. The highest BCUT2D eigenvalue weighted by atomic mass is 19.1. The molecule has 0 spiro atoms. The van der Waals surface area contributed by atoms with Crippen LogP contribution in [0.3, 0.4) is 0 Å². The van der Waals surface area contributed by atoms with Crippen molar-refractivity contribution in [3.63, 3.8) is 0 Å². The first-order valence-corrected chi connectivity index (χ1v) is 7.20. The molecule has 0 aliphatic heterocycles. The Morgan fingerprint density at radius 3 is 2.29 bits per heavy atom. The van der Waals surface area contributed by atoms with Crippen molar-refractivity contribution in [2.75, 3.05) is 6.54 Å². The van der Waals surface area contributed by atoms with Crippen LogP contribution < -0.4 is 5.32 Å². The van der Waals surface area contributed by atoms with E-state index >= 15 is 0 Å². The van der Waals surface area contributed by atoms with Gasteiger partial charge in [-0.25, -0.2) is 8.78 Å². The zero-order valence-corrected chi connectivity index (χ0v) is 12.7. The lowest BCUT2D eigenvalue weighted by Gasteiger charge is -2.36. The standard InChI is InChI=1S/C18H21F2N/c1-4-21-17(15-11-10-14(19)12-16(15)20)18(2,3)13-8-6-5-7-9-13/h5-12,17,21H,4H2,1-3H3. The predicted molar refractivity (Wildman–Crippen MR) is 82.2 cm³/mol. The van der Waals surface area contributed by atoms with Crippen LogP contribution in [-0.4, -0.2) is 6.54 Å². The van der Waals surface area contributed by atoms with Crippen LogP contribution in [0.15, 0.2) is 48.5 Å². The highest BCUT2D eigenvalue weighted by molar-refractivity contribution is 5.32. The molecule has 21 heavy (non-hydrogen) atoms. The topological polar surface area (TPSA) is 12.0 Å². The number of nitrogens with one attached hydrogen (secondary N) is 1. The van der Waals surface area contributed by atoms with Crippen molar-refractivity contribution >= 4 is 0 Å². The largest absolute Gasteiger partial charge is 0.309 e. The summed E-state index contributed by atoms with van der Waals surface area (Å²) in [6, 6.07) is 13.5. The molecule has 112 valence electrons. The Hall–Kier alpha value is -1.74. The van der Waals surface area contributed by atoms with E-state index in [1.54, 1.807) is 0 Å². The highest BCUT2D eigenvalue weighted by Gasteiger charge is 2.33. The molecule has 1 unspecified atom stereocenters. The molecule has 0 heterocycles. The molecule has 0 saturated heterocycles. The summed E-state index contributed by atoms with van der Waals surface area (Å²) in [6.45, 7) is 6.82. The molecule has 1 nitrogen and oxygen atoms in total. The van der Waals surface area contributed by atoms with E-state index in [1.807, 2.05) is 37.3 Å². The van der Waals surface area contributed by atoms with E-state index in [4.69, 9.17) is 0 Å². The van der Waals surface area contributed by atoms with E-state index < -0.39 is 11.6 Å². The normalized spacial score (nSPS) is 13.2. The number of likely N-dealkylation sites (N-methyl/N-ethyl adjacent to an activating group) is 1. The number of hydrogen-bond acceptors (Lipinski definition) is 1. The molecule has 0 amide bonds. The molecule has 2 aromatic carbocycles. The summed E-state index contributed by atoms with van der Waals surface area (Å²) in [4.78, 5) is 0. The minimum atomic E-state index is -0.552. The first-order valence-electron chi connectivity index (χ1n) is 7.20. The van der Waals surface area contributed by atoms with Gasteiger partial charge < -0.3 is 5.32 Å². The van der Waals surface area contributed by atoms with Crippen LogP contribution in [0, 0.1) is 11.6 Å². The van der Waals surface area contributed by atoms with Gasteiger partial charge in [0.2, 0.25) is 0 Å². The summed E-state index contributed by atoms with van der Waals surface area (Å²) < 4.78 is 27.3. The van der Waals surface area contributed by atoms with Gasteiger partial charge >= 0.3 is 0 Å². The van der Waals surface area contributed by atoms with E-state index in [1.165, 1.54) is 12.1 Å². The smallest absolute Gasteiger partial charge is 0.130 e. The Balaban J connectivity index is 2.47. The van der Waals surface area contributed by atoms with Crippen molar-refractivity contribution in [2.24, 2.45) is 0 Å². The molecule has 0 aliphatic carbocycles. The van der Waals surface area contributed by atoms with Crippen molar-refractivity contribution in [1.29, 1.82) is 0 Å². The van der Waals surface area contributed by atoms with Crippen LogP contribution in [0.25, 0.3) is 0 Å². The van der Waals surface area contributed by atoms with Gasteiger partial charge in [0.1, 0.15) is 11.6 Å². The van der Waals surface area contributed by atoms with Crippen molar-refractivity contribution in [2.45, 2.75) is 32.2 Å². The second kappa shape index (κ2) is 6.35. The van der Waals surface area contributed by atoms with Gasteiger partial charge in [0, 0.05) is 23.1 Å². The van der Waals surface area contributed by atoms with Gasteiger partial charge in [-0.15, -0.1) is 0 Å². The minimum Gasteiger partial charge on any atom is -0.309 e. The predicted octanol–water partition coefficient (Wildman–Crippen LogP) is 4.59. The molecule has 0 fully saturated rings. The molecule has 2 rings (SSSR count). The molecule has 0 aliphatic rings. The molecular weight excluding hydrogens is 268 g/mol. The summed E-state index contributed by atoms with van der Waals surface area (Å²) in [5.74, 6) is -1.06. The summed E-state index contributed by atoms with van der Waals surface area (Å²) in [6.07, 6.45) is 0. The molecule has 0 aromatic heterocycles. The van der Waals surface area contributed by atoms with Gasteiger partial charge in [-0.3, -0.25) is 0 Å². The summed E-state index contributed by atoms with van der Waals surface area (Å²) in [7, 11) is 0. The maximum atomic E-state index is 14.2. The minimum absolute atomic E-state index is 0.231. The summed E-state index contributed by atoms with van der Waals surface area (Å²) in [5.41, 5.74) is 1.28. The van der Waals surface area contributed by atoms with Gasteiger partial charge in [0.25, 0.3) is 0 Å². The Bertz CT molecular complexity index is 593. The van der Waals surface area contributed by atoms with Crippen LogP contribution in [0.4, 0.5) is 8.78 Å². The van der Waals surface area contributed by atoms with Crippen LogP contribution in [0.1, 0.15) is 37.9 Å². The monoisotopic (exact) mass is 289 g/mol. The Labute approximate surface area is 125 Å². The maximum Gasteiger partial charge on any atom is 0.130 e. The number of halogens is 2. The van der Waals surface area contributed by atoms with Crippen LogP contribution >= 0.6 is 0 Å². The molecule has 0 bridgehead atoms. The van der Waals surface area contributed by atoms with E-state index in [2.05, 4.69) is 19.2 Å². The Morgan fingerprint density at radius 2 is 1.71 bits per heavy atom. The molecular formula is C18H21F2N. The van der Waals surface area contributed by atoms with E-state index in [9.17, 15) is 8.78 Å². The zero-order chi connectivity index (χ0) is 15.5. The average Bonchev–Trinajstić information content (AvgIpc) is 2.46. The fraction of sp³-hybridized carbons (Fsp3) is 0.333. The lowest BCUT2D eigenvalue weighted by Crippen LogP contribution is -2.38. The van der Waals surface area contributed by atoms with Crippen LogP contribution in [0.2, 0.25) is 0 Å². The average molecular weight is 289 g/mol. The number of benzene rings is 2. The zero-order valence-electron chi connectivity index (χ0n) is 12.7. The third-order valence-corrected chi connectivity index (χ3v) is 3.92. The van der Waals surface area contributed by atoms with Gasteiger partial charge in [0.05, 0.1) is 0 Å². The van der Waals surface area contributed by atoms with Crippen LogP contribution in [-0.2, 0) is 5.41 Å². The quantitative estimate of drug-likeness (QED) is 0.848. The molecule has 2 aromatic rings. The van der Waals surface area contributed by atoms with Crippen molar-refractivity contribution in [3.05, 3.63) is 71.3 Å². The van der Waals surface area contributed by atoms with E-state index in [0.717, 1.165) is 11.6 Å². The van der Waals surface area contributed by atoms with Gasteiger partial charge in [-0.1, -0.05) is 57.2 Å². The van der Waals surface area contributed by atoms with Crippen molar-refractivity contribution < 1.29 is 8.78 Å². The second-order valence-electron chi connectivity index (χ2n) is 5.74. The molecule has 3 heteroatoms. The first kappa shape index (κ1) is 15.6. The SMILES string of the molecule is CCNC(c1ccc(F)cc1F)C(C)(C)c1ccccc1. The van der Waals surface area contributed by atoms with Gasteiger partial charge in [-0.2, -0.15) is 0 Å². The van der Waals surface area contributed by atoms with Gasteiger partial charge in [0.15, 0.2) is 0 Å². The summed E-state index contributed by atoms with van der Waals surface area (Å²) >= 11 is 0. The second-order valence-corrected chi connectivity index (χ2v) is 5.74. The highest BCUT2D eigenvalue weighted by Crippen LogP contribution is 2.37. The lowest BCUT2D eigenvalue weighted by molar-refractivity contribution is 0.343. The van der Waals surface area contributed by atoms with Crippen molar-refractivity contribution in [3.8, 4) is 0 Å². The third kappa shape index (κ3) is 3.30. The van der Waals surface area contributed by atoms with Gasteiger partial charge in [-0.05, 0) is 18.2 Å². The molecule has 0 saturated carbocycles. The van der Waals surface area contributed by atoms with E-state index in [-0.39, 0.29) is 11.5 Å². The first-order chi connectivity index (χ1) is 9.96. The molecule has 1 N–H and O–H groups in total. The fourth-order valence-electron chi connectivity index (χ4n) is 2.73. The molecule has 0 radical (unpaired) electrons.